The molecule has 0 atom stereocenters. The van der Waals surface area contributed by atoms with Gasteiger partial charge in [-0.25, -0.2) is 9.59 Å². The first-order chi connectivity index (χ1) is 17.8. The highest BCUT2D eigenvalue weighted by Crippen LogP contribution is 2.39. The summed E-state index contributed by atoms with van der Waals surface area (Å²) in [6, 6.07) is 18.8. The number of benzene rings is 2. The standard InChI is InChI=1S/C29H36N2O6/c1-7-34-27(32)26-24(21-14-12-11-13-15-21)20-25(29(36-9-3,37-10-4)28(33)35-8-2)31(26)23-18-16-22(17-19-23)30(5)6/h11-20H,7-10H2,1-6H3. The van der Waals surface area contributed by atoms with Crippen LogP contribution < -0.4 is 4.90 Å². The average molecular weight is 509 g/mol. The van der Waals surface area contributed by atoms with Gasteiger partial charge in [-0.05, 0) is 63.6 Å². The lowest BCUT2D eigenvalue weighted by molar-refractivity contribution is -0.254. The van der Waals surface area contributed by atoms with E-state index in [0.29, 0.717) is 16.9 Å². The van der Waals surface area contributed by atoms with E-state index in [1.54, 1.807) is 38.3 Å². The Kier molecular flexibility index (Phi) is 9.49. The van der Waals surface area contributed by atoms with Crippen molar-refractivity contribution >= 4 is 17.6 Å². The van der Waals surface area contributed by atoms with E-state index in [9.17, 15) is 9.59 Å². The van der Waals surface area contributed by atoms with Crippen molar-refractivity contribution in [1.29, 1.82) is 0 Å². The smallest absolute Gasteiger partial charge is 0.373 e. The van der Waals surface area contributed by atoms with Crippen molar-refractivity contribution in [2.75, 3.05) is 45.4 Å². The average Bonchev–Trinajstić information content (AvgIpc) is 3.30. The molecule has 0 saturated carbocycles. The molecule has 3 aromatic rings. The molecule has 2 aromatic carbocycles. The molecule has 0 aliphatic rings. The highest BCUT2D eigenvalue weighted by Gasteiger charge is 2.49. The molecule has 3 rings (SSSR count). The fraction of sp³-hybridized carbons (Fsp3) is 0.379. The Balaban J connectivity index is 2.46. The van der Waals surface area contributed by atoms with Gasteiger partial charge >= 0.3 is 17.7 Å². The minimum Gasteiger partial charge on any atom is -0.462 e. The third kappa shape index (κ3) is 5.70. The maximum Gasteiger partial charge on any atom is 0.373 e. The molecule has 0 unspecified atom stereocenters. The Hall–Kier alpha value is -3.62. The van der Waals surface area contributed by atoms with Gasteiger partial charge in [-0.2, -0.15) is 0 Å². The van der Waals surface area contributed by atoms with E-state index in [0.717, 1.165) is 11.3 Å². The molecule has 0 aliphatic heterocycles. The zero-order valence-electron chi connectivity index (χ0n) is 22.4. The molecule has 1 aromatic heterocycles. The number of hydrogen-bond donors (Lipinski definition) is 0. The zero-order valence-corrected chi connectivity index (χ0v) is 22.4. The maximum absolute atomic E-state index is 13.5. The first-order valence-electron chi connectivity index (χ1n) is 12.6. The number of ether oxygens (including phenoxy) is 4. The van der Waals surface area contributed by atoms with E-state index in [4.69, 9.17) is 18.9 Å². The second-order valence-electron chi connectivity index (χ2n) is 8.33. The van der Waals surface area contributed by atoms with Crippen molar-refractivity contribution in [2.24, 2.45) is 0 Å². The fourth-order valence-electron chi connectivity index (χ4n) is 4.20. The molecule has 0 amide bonds. The Morgan fingerprint density at radius 1 is 0.811 bits per heavy atom. The van der Waals surface area contributed by atoms with E-state index in [1.807, 2.05) is 73.6 Å². The molecular formula is C29H36N2O6. The quantitative estimate of drug-likeness (QED) is 0.246. The predicted octanol–water partition coefficient (Wildman–Crippen LogP) is 5.18. The Labute approximate surface area is 218 Å². The summed E-state index contributed by atoms with van der Waals surface area (Å²) in [6.45, 7) is 7.68. The van der Waals surface area contributed by atoms with Crippen molar-refractivity contribution in [3.8, 4) is 16.8 Å². The minimum atomic E-state index is -1.91. The number of esters is 2. The fourth-order valence-corrected chi connectivity index (χ4v) is 4.20. The van der Waals surface area contributed by atoms with Crippen LogP contribution in [0.3, 0.4) is 0 Å². The summed E-state index contributed by atoms with van der Waals surface area (Å²) in [4.78, 5) is 29.0. The highest BCUT2D eigenvalue weighted by molar-refractivity contribution is 5.98. The number of aromatic nitrogens is 1. The van der Waals surface area contributed by atoms with Crippen LogP contribution in [0.25, 0.3) is 16.8 Å². The zero-order chi connectivity index (χ0) is 27.0. The molecule has 0 saturated heterocycles. The number of anilines is 1. The number of nitrogens with zero attached hydrogens (tertiary/aromatic N) is 2. The summed E-state index contributed by atoms with van der Waals surface area (Å²) < 4.78 is 24.8. The minimum absolute atomic E-state index is 0.134. The van der Waals surface area contributed by atoms with Crippen LogP contribution in [0.1, 0.15) is 43.9 Å². The van der Waals surface area contributed by atoms with Crippen molar-refractivity contribution in [3.63, 3.8) is 0 Å². The summed E-state index contributed by atoms with van der Waals surface area (Å²) in [7, 11) is 3.90. The molecule has 0 aliphatic carbocycles. The van der Waals surface area contributed by atoms with E-state index in [2.05, 4.69) is 0 Å². The third-order valence-corrected chi connectivity index (χ3v) is 5.76. The van der Waals surface area contributed by atoms with Crippen LogP contribution in [-0.2, 0) is 29.5 Å². The topological polar surface area (TPSA) is 79.2 Å². The van der Waals surface area contributed by atoms with E-state index < -0.39 is 17.7 Å². The van der Waals surface area contributed by atoms with Gasteiger partial charge in [0.1, 0.15) is 5.69 Å². The Bertz CT molecular complexity index is 1180. The largest absolute Gasteiger partial charge is 0.462 e. The van der Waals surface area contributed by atoms with Gasteiger partial charge in [-0.1, -0.05) is 30.3 Å². The first kappa shape index (κ1) is 28.0. The molecule has 0 radical (unpaired) electrons. The van der Waals surface area contributed by atoms with E-state index >= 15 is 0 Å². The monoisotopic (exact) mass is 508 g/mol. The van der Waals surface area contributed by atoms with Gasteiger partial charge in [0.05, 0.1) is 18.9 Å². The van der Waals surface area contributed by atoms with Gasteiger partial charge in [-0.15, -0.1) is 0 Å². The molecule has 0 fully saturated rings. The number of rotatable bonds is 12. The lowest BCUT2D eigenvalue weighted by atomic mass is 10.0. The van der Waals surface area contributed by atoms with Crippen LogP contribution in [0.4, 0.5) is 5.69 Å². The van der Waals surface area contributed by atoms with Crippen LogP contribution >= 0.6 is 0 Å². The van der Waals surface area contributed by atoms with Gasteiger partial charge in [-0.3, -0.25) is 0 Å². The molecule has 0 spiro atoms. The third-order valence-electron chi connectivity index (χ3n) is 5.76. The van der Waals surface area contributed by atoms with Gasteiger partial charge in [0, 0.05) is 44.2 Å². The Morgan fingerprint density at radius 2 is 1.41 bits per heavy atom. The van der Waals surface area contributed by atoms with Crippen molar-refractivity contribution in [1.82, 2.24) is 4.57 Å². The number of carbonyl (C=O) groups excluding carboxylic acids is 2. The van der Waals surface area contributed by atoms with Gasteiger partial charge in [0.25, 0.3) is 0 Å². The maximum atomic E-state index is 13.5. The first-order valence-corrected chi connectivity index (χ1v) is 12.6. The summed E-state index contributed by atoms with van der Waals surface area (Å²) in [5.74, 6) is -3.14. The molecule has 0 N–H and O–H groups in total. The van der Waals surface area contributed by atoms with Gasteiger partial charge in [0.2, 0.25) is 0 Å². The normalized spacial score (nSPS) is 11.3. The highest BCUT2D eigenvalue weighted by atomic mass is 16.7. The summed E-state index contributed by atoms with van der Waals surface area (Å²) >= 11 is 0. The van der Waals surface area contributed by atoms with Crippen molar-refractivity contribution in [3.05, 3.63) is 72.1 Å². The predicted molar refractivity (Wildman–Crippen MR) is 143 cm³/mol. The van der Waals surface area contributed by atoms with E-state index in [1.165, 1.54) is 0 Å². The SMILES string of the molecule is CCOC(=O)c1c(-c2ccccc2)cc(C(OCC)(OCC)C(=O)OCC)n1-c1ccc(N(C)C)cc1. The molecule has 1 heterocycles. The number of hydrogen-bond acceptors (Lipinski definition) is 7. The second kappa shape index (κ2) is 12.6. The lowest BCUT2D eigenvalue weighted by Crippen LogP contribution is -2.45. The molecule has 198 valence electrons. The van der Waals surface area contributed by atoms with Crippen molar-refractivity contribution < 1.29 is 28.5 Å². The molecule has 37 heavy (non-hydrogen) atoms. The van der Waals surface area contributed by atoms with E-state index in [-0.39, 0.29) is 32.1 Å². The summed E-state index contributed by atoms with van der Waals surface area (Å²) in [5, 5.41) is 0. The van der Waals surface area contributed by atoms with Crippen LogP contribution in [0.2, 0.25) is 0 Å². The Morgan fingerprint density at radius 3 is 1.92 bits per heavy atom. The summed E-state index contributed by atoms with van der Waals surface area (Å²) in [6.07, 6.45) is 0. The van der Waals surface area contributed by atoms with Crippen LogP contribution in [-0.4, -0.2) is 57.0 Å². The van der Waals surface area contributed by atoms with Crippen molar-refractivity contribution in [2.45, 2.75) is 33.5 Å². The molecule has 0 bridgehead atoms. The van der Waals surface area contributed by atoms with Crippen LogP contribution in [0.15, 0.2) is 60.7 Å². The summed E-state index contributed by atoms with van der Waals surface area (Å²) in [5.41, 5.74) is 3.55. The van der Waals surface area contributed by atoms with Gasteiger partial charge in [0.15, 0.2) is 0 Å². The lowest BCUT2D eigenvalue weighted by Gasteiger charge is -2.32. The molecular weight excluding hydrogens is 472 g/mol. The van der Waals surface area contributed by atoms with Crippen LogP contribution in [0.5, 0.6) is 0 Å². The second-order valence-corrected chi connectivity index (χ2v) is 8.33. The van der Waals surface area contributed by atoms with Crippen LogP contribution in [0, 0.1) is 0 Å². The number of carbonyl (C=O) groups is 2. The molecule has 8 heteroatoms. The molecule has 8 nitrogen and oxygen atoms in total. The van der Waals surface area contributed by atoms with Gasteiger partial charge < -0.3 is 28.4 Å².